The van der Waals surface area contributed by atoms with Crippen molar-refractivity contribution in [2.75, 3.05) is 0 Å². The number of Topliss-reactive ketones (excluding diaryl/α,β-unsaturated/α-hetero) is 1. The van der Waals surface area contributed by atoms with Gasteiger partial charge >= 0.3 is 0 Å². The molecule has 0 radical (unpaired) electrons. The summed E-state index contributed by atoms with van der Waals surface area (Å²) in [6.45, 7) is 0. The smallest absolute Gasteiger partial charge is 0.203 e. The van der Waals surface area contributed by atoms with Gasteiger partial charge in [-0.25, -0.2) is 17.7 Å². The van der Waals surface area contributed by atoms with E-state index in [-0.39, 0.29) is 23.7 Å². The topological polar surface area (TPSA) is 62.5 Å². The Labute approximate surface area is 128 Å². The van der Waals surface area contributed by atoms with E-state index in [0.29, 0.717) is 30.5 Å². The fourth-order valence-electron chi connectivity index (χ4n) is 3.81. The van der Waals surface area contributed by atoms with E-state index in [9.17, 15) is 28.2 Å². The lowest BCUT2D eigenvalue weighted by Crippen LogP contribution is -2.28. The molecular weight excluding hydrogens is 311 g/mol. The summed E-state index contributed by atoms with van der Waals surface area (Å²) < 4.78 is 41.3. The van der Waals surface area contributed by atoms with Crippen LogP contribution < -0.4 is 0 Å². The van der Waals surface area contributed by atoms with Crippen LogP contribution in [0.2, 0.25) is 0 Å². The molecule has 2 atom stereocenters. The van der Waals surface area contributed by atoms with E-state index in [2.05, 4.69) is 0 Å². The summed E-state index contributed by atoms with van der Waals surface area (Å²) in [5, 5.41) is 20.8. The highest BCUT2D eigenvalue weighted by atomic mass is 19.2. The van der Waals surface area contributed by atoms with Crippen molar-refractivity contribution in [3.05, 3.63) is 40.7 Å². The van der Waals surface area contributed by atoms with Crippen LogP contribution in [0.15, 0.2) is 12.1 Å². The number of fused-ring (bicyclic) bond motifs is 2. The monoisotopic (exact) mass is 323 g/mol. The Bertz CT molecular complexity index is 859. The third-order valence-electron chi connectivity index (χ3n) is 4.82. The van der Waals surface area contributed by atoms with Crippen LogP contribution in [0.3, 0.4) is 0 Å². The van der Waals surface area contributed by atoms with Crippen LogP contribution in [-0.2, 0) is 4.79 Å². The zero-order valence-corrected chi connectivity index (χ0v) is 11.8. The highest BCUT2D eigenvalue weighted by Gasteiger charge is 2.45. The molecule has 3 aliphatic carbocycles. The third kappa shape index (κ3) is 1.76. The average Bonchev–Trinajstić information content (AvgIpc) is 2.77. The number of carbonyl (C=O) groups excluding carboxylic acids is 1. The summed E-state index contributed by atoms with van der Waals surface area (Å²) in [6, 6.07) is 0.918. The zero-order chi connectivity index (χ0) is 16.5. The van der Waals surface area contributed by atoms with Crippen molar-refractivity contribution in [3.63, 3.8) is 0 Å². The molecule has 0 amide bonds. The zero-order valence-electron chi connectivity index (χ0n) is 11.8. The standard InChI is InChI=1S/C16H12F3NO3/c17-8-4-10(19)11(5-9(8)18)20-15(22)13-6-1-2-7(12(21)3-6)14(13)16(20)23/h4-7,22-23H,1-3H2/t6-,7+/m0/s1. The second-order valence-electron chi connectivity index (χ2n) is 6.02. The number of benzene rings is 1. The van der Waals surface area contributed by atoms with Crippen molar-refractivity contribution in [2.24, 2.45) is 0 Å². The summed E-state index contributed by atoms with van der Waals surface area (Å²) >= 11 is 0. The first kappa shape index (κ1) is 14.2. The predicted molar refractivity (Wildman–Crippen MR) is 73.3 cm³/mol. The molecule has 0 saturated heterocycles. The number of hydrogen-bond acceptors (Lipinski definition) is 3. The van der Waals surface area contributed by atoms with E-state index < -0.39 is 40.8 Å². The highest BCUT2D eigenvalue weighted by Crippen LogP contribution is 2.56. The van der Waals surface area contributed by atoms with E-state index in [0.717, 1.165) is 4.57 Å². The molecule has 2 aromatic rings. The highest BCUT2D eigenvalue weighted by molar-refractivity contribution is 5.91. The van der Waals surface area contributed by atoms with E-state index >= 15 is 0 Å². The molecule has 3 aliphatic rings. The normalized spacial score (nSPS) is 22.5. The van der Waals surface area contributed by atoms with Gasteiger partial charge in [-0.1, -0.05) is 0 Å². The Balaban J connectivity index is 2.00. The Morgan fingerprint density at radius 3 is 2.30 bits per heavy atom. The predicted octanol–water partition coefficient (Wildman–Crippen LogP) is 3.24. The molecule has 0 spiro atoms. The average molecular weight is 323 g/mol. The number of aromatic nitrogens is 1. The lowest BCUT2D eigenvalue weighted by molar-refractivity contribution is -0.123. The maximum atomic E-state index is 14.0. The van der Waals surface area contributed by atoms with Gasteiger partial charge in [0.25, 0.3) is 0 Å². The maximum absolute atomic E-state index is 14.0. The van der Waals surface area contributed by atoms with E-state index in [1.54, 1.807) is 0 Å². The SMILES string of the molecule is O=C1C[C@@H]2CC[C@H]1c1c2c(O)n(-c2cc(F)c(F)cc2F)c1O. The molecule has 2 bridgehead atoms. The van der Waals surface area contributed by atoms with Gasteiger partial charge in [-0.3, -0.25) is 4.79 Å². The molecule has 1 fully saturated rings. The first-order valence-corrected chi connectivity index (χ1v) is 7.24. The Kier molecular flexibility index (Phi) is 2.79. The van der Waals surface area contributed by atoms with Crippen LogP contribution in [0.5, 0.6) is 11.8 Å². The minimum absolute atomic E-state index is 0.0352. The second-order valence-corrected chi connectivity index (χ2v) is 6.02. The van der Waals surface area contributed by atoms with Gasteiger partial charge in [0.2, 0.25) is 11.8 Å². The molecule has 1 aromatic carbocycles. The van der Waals surface area contributed by atoms with Gasteiger partial charge in [-0.05, 0) is 18.8 Å². The lowest BCUT2D eigenvalue weighted by atomic mass is 9.67. The van der Waals surface area contributed by atoms with E-state index in [1.807, 2.05) is 0 Å². The van der Waals surface area contributed by atoms with Crippen molar-refractivity contribution in [3.8, 4) is 17.4 Å². The Morgan fingerprint density at radius 1 is 0.957 bits per heavy atom. The van der Waals surface area contributed by atoms with Crippen molar-refractivity contribution >= 4 is 5.78 Å². The van der Waals surface area contributed by atoms with Crippen LogP contribution in [-0.4, -0.2) is 20.6 Å². The molecule has 23 heavy (non-hydrogen) atoms. The molecule has 120 valence electrons. The van der Waals surface area contributed by atoms with Gasteiger partial charge in [0, 0.05) is 35.6 Å². The summed E-state index contributed by atoms with van der Waals surface area (Å²) in [7, 11) is 0. The minimum atomic E-state index is -1.36. The molecule has 0 unspecified atom stereocenters. The number of ketones is 1. The van der Waals surface area contributed by atoms with Crippen molar-refractivity contribution in [2.45, 2.75) is 31.1 Å². The van der Waals surface area contributed by atoms with Gasteiger partial charge in [0.1, 0.15) is 5.78 Å². The Hall–Kier alpha value is -2.44. The number of hydrogen-bond donors (Lipinski definition) is 2. The lowest BCUT2D eigenvalue weighted by Gasteiger charge is -2.34. The van der Waals surface area contributed by atoms with Crippen LogP contribution in [0.1, 0.15) is 42.2 Å². The van der Waals surface area contributed by atoms with E-state index in [1.165, 1.54) is 0 Å². The second kappa shape index (κ2) is 4.53. The molecule has 0 aliphatic heterocycles. The number of rotatable bonds is 1. The van der Waals surface area contributed by atoms with Gasteiger partial charge in [0.05, 0.1) is 5.69 Å². The third-order valence-corrected chi connectivity index (χ3v) is 4.82. The summed E-state index contributed by atoms with van der Waals surface area (Å²) in [4.78, 5) is 12.0. The number of aromatic hydroxyl groups is 2. The van der Waals surface area contributed by atoms with E-state index in [4.69, 9.17) is 0 Å². The molecule has 4 nitrogen and oxygen atoms in total. The van der Waals surface area contributed by atoms with Crippen LogP contribution >= 0.6 is 0 Å². The molecule has 1 heterocycles. The maximum Gasteiger partial charge on any atom is 0.203 e. The summed E-state index contributed by atoms with van der Waals surface area (Å²) in [6.07, 6.45) is 1.49. The van der Waals surface area contributed by atoms with Crippen molar-refractivity contribution < 1.29 is 28.2 Å². The van der Waals surface area contributed by atoms with Crippen LogP contribution in [0.25, 0.3) is 5.69 Å². The fourth-order valence-corrected chi connectivity index (χ4v) is 3.81. The van der Waals surface area contributed by atoms with Gasteiger partial charge in [-0.15, -0.1) is 0 Å². The van der Waals surface area contributed by atoms with Gasteiger partial charge in [-0.2, -0.15) is 0 Å². The van der Waals surface area contributed by atoms with Crippen LogP contribution in [0, 0.1) is 17.5 Å². The largest absolute Gasteiger partial charge is 0.494 e. The molecule has 2 N–H and O–H groups in total. The van der Waals surface area contributed by atoms with Gasteiger partial charge < -0.3 is 10.2 Å². The first-order chi connectivity index (χ1) is 10.9. The molecule has 7 heteroatoms. The minimum Gasteiger partial charge on any atom is -0.494 e. The number of carbonyl (C=O) groups is 1. The van der Waals surface area contributed by atoms with Crippen LogP contribution in [0.4, 0.5) is 13.2 Å². The van der Waals surface area contributed by atoms with Crippen molar-refractivity contribution in [1.82, 2.24) is 4.57 Å². The number of nitrogens with zero attached hydrogens (tertiary/aromatic N) is 1. The summed E-state index contributed by atoms with van der Waals surface area (Å²) in [5.41, 5.74) is 0.182. The first-order valence-electron chi connectivity index (χ1n) is 7.24. The molecule has 1 aromatic heterocycles. The van der Waals surface area contributed by atoms with Gasteiger partial charge in [0.15, 0.2) is 17.5 Å². The summed E-state index contributed by atoms with van der Waals surface area (Å²) in [5.74, 6) is -5.54. The molecule has 5 rings (SSSR count). The molecular formula is C16H12F3NO3. The fraction of sp³-hybridized carbons (Fsp3) is 0.312. The number of halogens is 3. The van der Waals surface area contributed by atoms with Crippen molar-refractivity contribution in [1.29, 1.82) is 0 Å². The quantitative estimate of drug-likeness (QED) is 0.792. The Morgan fingerprint density at radius 2 is 1.61 bits per heavy atom. The molecule has 1 saturated carbocycles.